The van der Waals surface area contributed by atoms with Gasteiger partial charge in [0, 0.05) is 49.6 Å². The van der Waals surface area contributed by atoms with Crippen molar-refractivity contribution in [1.82, 2.24) is 19.4 Å². The van der Waals surface area contributed by atoms with Crippen LogP contribution in [0.5, 0.6) is 0 Å². The lowest BCUT2D eigenvalue weighted by Gasteiger charge is -2.32. The molecule has 3 heterocycles. The maximum atomic E-state index is 4.54. The Morgan fingerprint density at radius 1 is 1.28 bits per heavy atom. The number of rotatable bonds is 3. The fraction of sp³-hybridized carbons (Fsp3) is 0.500. The molecular weight excluding hydrogens is 246 g/mol. The van der Waals surface area contributed by atoms with Crippen LogP contribution in [0.15, 0.2) is 24.9 Å². The van der Waals surface area contributed by atoms with E-state index in [2.05, 4.69) is 31.4 Å². The summed E-state index contributed by atoms with van der Waals surface area (Å²) in [5.74, 6) is 0. The predicted molar refractivity (Wildman–Crippen MR) is 73.2 cm³/mol. The minimum absolute atomic E-state index is 0.866. The first-order valence-electron chi connectivity index (χ1n) is 6.15. The number of anilines is 1. The van der Waals surface area contributed by atoms with E-state index in [-0.39, 0.29) is 0 Å². The molecule has 2 aromatic heterocycles. The SMILES string of the molecule is CN1CCN(c2ncc(Cn3ccnc3)s2)CC1. The molecule has 1 aliphatic heterocycles. The van der Waals surface area contributed by atoms with Gasteiger partial charge in [-0.05, 0) is 7.05 Å². The second kappa shape index (κ2) is 5.07. The van der Waals surface area contributed by atoms with Crippen molar-refractivity contribution in [3.8, 4) is 0 Å². The van der Waals surface area contributed by atoms with Gasteiger partial charge in [0.25, 0.3) is 0 Å². The normalized spacial score (nSPS) is 17.3. The third kappa shape index (κ3) is 2.54. The van der Waals surface area contributed by atoms with Crippen molar-refractivity contribution >= 4 is 16.5 Å². The molecule has 0 bridgehead atoms. The first kappa shape index (κ1) is 11.7. The van der Waals surface area contributed by atoms with Crippen molar-refractivity contribution < 1.29 is 0 Å². The van der Waals surface area contributed by atoms with Crippen LogP contribution in [0, 0.1) is 0 Å². The van der Waals surface area contributed by atoms with Gasteiger partial charge in [-0.1, -0.05) is 0 Å². The summed E-state index contributed by atoms with van der Waals surface area (Å²) in [6, 6.07) is 0. The lowest BCUT2D eigenvalue weighted by atomic mass is 10.3. The van der Waals surface area contributed by atoms with E-state index in [4.69, 9.17) is 0 Å². The standard InChI is InChI=1S/C12H17N5S/c1-15-4-6-17(7-5-15)12-14-8-11(18-12)9-16-3-2-13-10-16/h2-3,8,10H,4-7,9H2,1H3. The monoisotopic (exact) mass is 263 g/mol. The van der Waals surface area contributed by atoms with E-state index in [9.17, 15) is 0 Å². The average Bonchev–Trinajstić information content (AvgIpc) is 3.02. The van der Waals surface area contributed by atoms with Crippen LogP contribution >= 0.6 is 11.3 Å². The summed E-state index contributed by atoms with van der Waals surface area (Å²) >= 11 is 1.79. The highest BCUT2D eigenvalue weighted by molar-refractivity contribution is 7.15. The summed E-state index contributed by atoms with van der Waals surface area (Å²) in [4.78, 5) is 14.6. The zero-order valence-electron chi connectivity index (χ0n) is 10.5. The zero-order valence-corrected chi connectivity index (χ0v) is 11.3. The second-order valence-electron chi connectivity index (χ2n) is 4.63. The van der Waals surface area contributed by atoms with Crippen LogP contribution < -0.4 is 4.90 Å². The molecule has 96 valence electrons. The third-order valence-electron chi connectivity index (χ3n) is 3.21. The Hall–Kier alpha value is -1.40. The average molecular weight is 263 g/mol. The first-order valence-corrected chi connectivity index (χ1v) is 6.97. The largest absolute Gasteiger partial charge is 0.346 e. The van der Waals surface area contributed by atoms with Gasteiger partial charge >= 0.3 is 0 Å². The summed E-state index contributed by atoms with van der Waals surface area (Å²) in [6.07, 6.45) is 7.62. The molecule has 6 heteroatoms. The fourth-order valence-corrected chi connectivity index (χ4v) is 3.05. The Labute approximate surface area is 111 Å². The highest BCUT2D eigenvalue weighted by atomic mass is 32.1. The number of likely N-dealkylation sites (N-methyl/N-ethyl adjacent to an activating group) is 1. The number of piperazine rings is 1. The maximum Gasteiger partial charge on any atom is 0.185 e. The maximum absolute atomic E-state index is 4.54. The Morgan fingerprint density at radius 2 is 2.11 bits per heavy atom. The van der Waals surface area contributed by atoms with Crippen LogP contribution in [0.1, 0.15) is 4.88 Å². The molecule has 1 fully saturated rings. The van der Waals surface area contributed by atoms with Crippen LogP contribution in [0.2, 0.25) is 0 Å². The van der Waals surface area contributed by atoms with Gasteiger partial charge < -0.3 is 14.4 Å². The van der Waals surface area contributed by atoms with E-state index in [1.807, 2.05) is 24.9 Å². The number of hydrogen-bond donors (Lipinski definition) is 0. The molecule has 0 amide bonds. The summed E-state index contributed by atoms with van der Waals surface area (Å²) in [5.41, 5.74) is 0. The molecule has 1 saturated heterocycles. The third-order valence-corrected chi connectivity index (χ3v) is 4.26. The Morgan fingerprint density at radius 3 is 2.83 bits per heavy atom. The van der Waals surface area contributed by atoms with Gasteiger partial charge in [0.1, 0.15) is 0 Å². The number of imidazole rings is 1. The Bertz CT molecular complexity index is 484. The molecule has 0 atom stereocenters. The van der Waals surface area contributed by atoms with Crippen molar-refractivity contribution in [1.29, 1.82) is 0 Å². The smallest absolute Gasteiger partial charge is 0.185 e. The second-order valence-corrected chi connectivity index (χ2v) is 5.73. The fourth-order valence-electron chi connectivity index (χ4n) is 2.07. The van der Waals surface area contributed by atoms with Gasteiger partial charge in [-0.3, -0.25) is 0 Å². The molecule has 0 saturated carbocycles. The summed E-state index contributed by atoms with van der Waals surface area (Å²) in [6.45, 7) is 5.27. The van der Waals surface area contributed by atoms with E-state index in [1.165, 1.54) is 4.88 Å². The summed E-state index contributed by atoms with van der Waals surface area (Å²) in [5, 5.41) is 1.15. The van der Waals surface area contributed by atoms with Crippen molar-refractivity contribution in [2.75, 3.05) is 38.1 Å². The molecule has 1 aliphatic rings. The number of nitrogens with zero attached hydrogens (tertiary/aromatic N) is 5. The van der Waals surface area contributed by atoms with Crippen LogP contribution in [-0.4, -0.2) is 52.7 Å². The van der Waals surface area contributed by atoms with Crippen molar-refractivity contribution in [3.05, 3.63) is 29.8 Å². The van der Waals surface area contributed by atoms with Crippen LogP contribution in [0.4, 0.5) is 5.13 Å². The molecule has 2 aromatic rings. The van der Waals surface area contributed by atoms with Crippen molar-refractivity contribution in [3.63, 3.8) is 0 Å². The van der Waals surface area contributed by atoms with Gasteiger partial charge in [-0.2, -0.15) is 0 Å². The minimum Gasteiger partial charge on any atom is -0.346 e. The van der Waals surface area contributed by atoms with Gasteiger partial charge in [0.05, 0.1) is 12.9 Å². The van der Waals surface area contributed by atoms with Crippen molar-refractivity contribution in [2.24, 2.45) is 0 Å². The van der Waals surface area contributed by atoms with E-state index < -0.39 is 0 Å². The first-order chi connectivity index (χ1) is 8.81. The molecule has 0 aromatic carbocycles. The van der Waals surface area contributed by atoms with E-state index in [1.54, 1.807) is 11.3 Å². The van der Waals surface area contributed by atoms with Crippen LogP contribution in [0.3, 0.4) is 0 Å². The van der Waals surface area contributed by atoms with E-state index in [0.29, 0.717) is 0 Å². The topological polar surface area (TPSA) is 37.2 Å². The van der Waals surface area contributed by atoms with Gasteiger partial charge in [0.2, 0.25) is 0 Å². The predicted octanol–water partition coefficient (Wildman–Crippen LogP) is 1.14. The van der Waals surface area contributed by atoms with Gasteiger partial charge in [0.15, 0.2) is 5.13 Å². The molecule has 0 N–H and O–H groups in total. The molecule has 3 rings (SSSR count). The highest BCUT2D eigenvalue weighted by Crippen LogP contribution is 2.24. The van der Waals surface area contributed by atoms with E-state index in [0.717, 1.165) is 37.9 Å². The number of hydrogen-bond acceptors (Lipinski definition) is 5. The molecule has 0 spiro atoms. The lowest BCUT2D eigenvalue weighted by molar-refractivity contribution is 0.313. The van der Waals surface area contributed by atoms with Gasteiger partial charge in [-0.25, -0.2) is 9.97 Å². The van der Waals surface area contributed by atoms with Crippen molar-refractivity contribution in [2.45, 2.75) is 6.54 Å². The minimum atomic E-state index is 0.866. The number of thiazole rings is 1. The molecule has 5 nitrogen and oxygen atoms in total. The van der Waals surface area contributed by atoms with E-state index >= 15 is 0 Å². The lowest BCUT2D eigenvalue weighted by Crippen LogP contribution is -2.44. The molecule has 18 heavy (non-hydrogen) atoms. The van der Waals surface area contributed by atoms with Crippen LogP contribution in [0.25, 0.3) is 0 Å². The zero-order chi connectivity index (χ0) is 12.4. The Kier molecular flexibility index (Phi) is 3.29. The molecule has 0 aliphatic carbocycles. The molecule has 0 radical (unpaired) electrons. The number of aromatic nitrogens is 3. The summed E-state index contributed by atoms with van der Waals surface area (Å²) < 4.78 is 2.07. The Balaban J connectivity index is 1.66. The highest BCUT2D eigenvalue weighted by Gasteiger charge is 2.16. The van der Waals surface area contributed by atoms with Gasteiger partial charge in [-0.15, -0.1) is 11.3 Å². The van der Waals surface area contributed by atoms with Crippen LogP contribution in [-0.2, 0) is 6.54 Å². The molecular formula is C12H17N5S. The quantitative estimate of drug-likeness (QED) is 0.832. The summed E-state index contributed by atoms with van der Waals surface area (Å²) in [7, 11) is 2.17. The molecule has 0 unspecified atom stereocenters.